The number of halogens is 4. The van der Waals surface area contributed by atoms with Crippen LogP contribution in [0.15, 0.2) is 42.6 Å². The summed E-state index contributed by atoms with van der Waals surface area (Å²) in [4.78, 5) is 16.0. The Kier molecular flexibility index (Phi) is 5.11. The summed E-state index contributed by atoms with van der Waals surface area (Å²) in [5.41, 5.74) is -0.160. The molecule has 0 fully saturated rings. The Labute approximate surface area is 151 Å². The molecular weight excluding hydrogens is 366 g/mol. The molecule has 27 heavy (non-hydrogen) atoms. The second kappa shape index (κ2) is 7.48. The van der Waals surface area contributed by atoms with Crippen LogP contribution in [0.3, 0.4) is 0 Å². The van der Waals surface area contributed by atoms with E-state index in [1.54, 1.807) is 0 Å². The molecule has 0 aliphatic carbocycles. The molecule has 3 aromatic rings. The molecule has 0 radical (unpaired) electrons. The van der Waals surface area contributed by atoms with Crippen LogP contribution < -0.4 is 5.32 Å². The van der Waals surface area contributed by atoms with Crippen molar-refractivity contribution in [2.45, 2.75) is 6.54 Å². The van der Waals surface area contributed by atoms with Gasteiger partial charge in [-0.2, -0.15) is 0 Å². The molecule has 1 aromatic heterocycles. The van der Waals surface area contributed by atoms with Crippen molar-refractivity contribution in [3.63, 3.8) is 0 Å². The predicted octanol–water partition coefficient (Wildman–Crippen LogP) is 3.83. The first-order chi connectivity index (χ1) is 12.9. The zero-order valence-electron chi connectivity index (χ0n) is 14.0. The van der Waals surface area contributed by atoms with E-state index in [1.165, 1.54) is 42.1 Å². The number of rotatable bonds is 5. The van der Waals surface area contributed by atoms with Crippen LogP contribution in [0.2, 0.25) is 0 Å². The Balaban J connectivity index is 1.99. The number of hydrogen-bond acceptors (Lipinski definition) is 4. The van der Waals surface area contributed by atoms with E-state index in [1.807, 2.05) is 0 Å². The average Bonchev–Trinajstić information content (AvgIpc) is 3.09. The van der Waals surface area contributed by atoms with Crippen molar-refractivity contribution in [3.05, 3.63) is 77.1 Å². The van der Waals surface area contributed by atoms with Gasteiger partial charge in [-0.3, -0.25) is 4.57 Å². The standard InChI is InChI=1S/C18H13F4N3O2/c1-27-17(26)15-9-24-18(25(15)11-4-2-10(19)3-5-11)23-8-12-13(20)6-7-14(21)16(12)22/h2-7,9H,8H2,1H3,(H,23,24). The minimum absolute atomic E-state index is 0.00629. The maximum Gasteiger partial charge on any atom is 0.356 e. The number of esters is 1. The number of imidazole rings is 1. The van der Waals surface area contributed by atoms with Gasteiger partial charge in [0.05, 0.1) is 13.3 Å². The summed E-state index contributed by atoms with van der Waals surface area (Å²) in [7, 11) is 1.18. The number of aromatic nitrogens is 2. The predicted molar refractivity (Wildman–Crippen MR) is 88.5 cm³/mol. The van der Waals surface area contributed by atoms with E-state index in [-0.39, 0.29) is 11.6 Å². The van der Waals surface area contributed by atoms with E-state index < -0.39 is 41.3 Å². The Morgan fingerprint density at radius 3 is 2.41 bits per heavy atom. The maximum absolute atomic E-state index is 13.8. The highest BCUT2D eigenvalue weighted by Gasteiger charge is 2.20. The number of benzene rings is 2. The van der Waals surface area contributed by atoms with Crippen LogP contribution in [0.1, 0.15) is 16.1 Å². The number of anilines is 1. The lowest BCUT2D eigenvalue weighted by Crippen LogP contribution is -2.14. The monoisotopic (exact) mass is 379 g/mol. The van der Waals surface area contributed by atoms with Gasteiger partial charge in [-0.05, 0) is 36.4 Å². The first-order valence-corrected chi connectivity index (χ1v) is 7.70. The van der Waals surface area contributed by atoms with Crippen LogP contribution in [-0.4, -0.2) is 22.6 Å². The van der Waals surface area contributed by atoms with Crippen molar-refractivity contribution in [2.24, 2.45) is 0 Å². The van der Waals surface area contributed by atoms with Gasteiger partial charge in [0, 0.05) is 17.8 Å². The highest BCUT2D eigenvalue weighted by Crippen LogP contribution is 2.22. The van der Waals surface area contributed by atoms with Gasteiger partial charge in [-0.15, -0.1) is 0 Å². The molecule has 0 atom stereocenters. The molecule has 0 aliphatic heterocycles. The quantitative estimate of drug-likeness (QED) is 0.416. The molecule has 140 valence electrons. The number of nitrogens with one attached hydrogen (secondary N) is 1. The molecule has 1 heterocycles. The summed E-state index contributed by atoms with van der Waals surface area (Å²) in [6.07, 6.45) is 1.19. The van der Waals surface area contributed by atoms with Gasteiger partial charge in [0.25, 0.3) is 0 Å². The van der Waals surface area contributed by atoms with Crippen molar-refractivity contribution in [3.8, 4) is 5.69 Å². The van der Waals surface area contributed by atoms with E-state index in [2.05, 4.69) is 15.0 Å². The Morgan fingerprint density at radius 1 is 1.07 bits per heavy atom. The minimum Gasteiger partial charge on any atom is -0.464 e. The highest BCUT2D eigenvalue weighted by molar-refractivity contribution is 5.88. The third-order valence-corrected chi connectivity index (χ3v) is 3.80. The number of hydrogen-bond donors (Lipinski definition) is 1. The summed E-state index contributed by atoms with van der Waals surface area (Å²) in [6.45, 7) is -0.436. The molecule has 0 bridgehead atoms. The number of ether oxygens (including phenoxy) is 1. The minimum atomic E-state index is -1.32. The lowest BCUT2D eigenvalue weighted by Gasteiger charge is -2.13. The topological polar surface area (TPSA) is 56.1 Å². The summed E-state index contributed by atoms with van der Waals surface area (Å²) in [5.74, 6) is -4.62. The lowest BCUT2D eigenvalue weighted by atomic mass is 10.2. The molecule has 0 aliphatic rings. The second-order valence-corrected chi connectivity index (χ2v) is 5.45. The fourth-order valence-corrected chi connectivity index (χ4v) is 2.48. The molecule has 1 N–H and O–H groups in total. The van der Waals surface area contributed by atoms with Crippen LogP contribution in [0.5, 0.6) is 0 Å². The first-order valence-electron chi connectivity index (χ1n) is 7.70. The van der Waals surface area contributed by atoms with Crippen LogP contribution in [-0.2, 0) is 11.3 Å². The van der Waals surface area contributed by atoms with Crippen molar-refractivity contribution in [1.82, 2.24) is 9.55 Å². The average molecular weight is 379 g/mol. The van der Waals surface area contributed by atoms with E-state index in [9.17, 15) is 22.4 Å². The molecule has 5 nitrogen and oxygen atoms in total. The summed E-state index contributed by atoms with van der Waals surface area (Å²) < 4.78 is 60.1. The zero-order chi connectivity index (χ0) is 19.6. The number of methoxy groups -OCH3 is 1. The zero-order valence-corrected chi connectivity index (χ0v) is 14.0. The van der Waals surface area contributed by atoms with Crippen molar-refractivity contribution < 1.29 is 27.1 Å². The number of nitrogens with zero attached hydrogens (tertiary/aromatic N) is 2. The Hall–Kier alpha value is -3.36. The summed E-state index contributed by atoms with van der Waals surface area (Å²) >= 11 is 0. The van der Waals surface area contributed by atoms with Gasteiger partial charge in [-0.25, -0.2) is 27.3 Å². The van der Waals surface area contributed by atoms with Crippen molar-refractivity contribution in [2.75, 3.05) is 12.4 Å². The summed E-state index contributed by atoms with van der Waals surface area (Å²) in [5, 5.41) is 2.65. The SMILES string of the molecule is COC(=O)c1cnc(NCc2c(F)ccc(F)c2F)n1-c1ccc(F)cc1. The van der Waals surface area contributed by atoms with Crippen LogP contribution in [0.25, 0.3) is 5.69 Å². The fraction of sp³-hybridized carbons (Fsp3) is 0.111. The number of carbonyl (C=O) groups is 1. The first kappa shape index (κ1) is 18.4. The van der Waals surface area contributed by atoms with E-state index >= 15 is 0 Å². The van der Waals surface area contributed by atoms with Gasteiger partial charge >= 0.3 is 5.97 Å². The smallest absolute Gasteiger partial charge is 0.356 e. The van der Waals surface area contributed by atoms with Gasteiger partial charge in [0.1, 0.15) is 11.6 Å². The van der Waals surface area contributed by atoms with Gasteiger partial charge in [-0.1, -0.05) is 0 Å². The Morgan fingerprint density at radius 2 is 1.74 bits per heavy atom. The molecule has 0 amide bonds. The molecule has 9 heteroatoms. The molecule has 0 saturated heterocycles. The molecule has 0 spiro atoms. The number of carbonyl (C=O) groups excluding carboxylic acids is 1. The molecular formula is C18H13F4N3O2. The third kappa shape index (κ3) is 3.62. The summed E-state index contributed by atoms with van der Waals surface area (Å²) in [6, 6.07) is 6.61. The van der Waals surface area contributed by atoms with Gasteiger partial charge < -0.3 is 10.1 Å². The van der Waals surface area contributed by atoms with Gasteiger partial charge in [0.2, 0.25) is 5.95 Å². The van der Waals surface area contributed by atoms with E-state index in [0.29, 0.717) is 11.8 Å². The third-order valence-electron chi connectivity index (χ3n) is 3.80. The van der Waals surface area contributed by atoms with Crippen LogP contribution in [0, 0.1) is 23.3 Å². The molecule has 3 rings (SSSR count). The van der Waals surface area contributed by atoms with E-state index in [4.69, 9.17) is 0 Å². The normalized spacial score (nSPS) is 10.7. The molecule has 0 unspecified atom stereocenters. The van der Waals surface area contributed by atoms with Crippen molar-refractivity contribution >= 4 is 11.9 Å². The molecule has 2 aromatic carbocycles. The maximum atomic E-state index is 13.8. The highest BCUT2D eigenvalue weighted by atomic mass is 19.2. The van der Waals surface area contributed by atoms with Crippen LogP contribution >= 0.6 is 0 Å². The van der Waals surface area contributed by atoms with Gasteiger partial charge in [0.15, 0.2) is 17.3 Å². The van der Waals surface area contributed by atoms with E-state index in [0.717, 1.165) is 6.07 Å². The fourth-order valence-electron chi connectivity index (χ4n) is 2.48. The molecule has 0 saturated carbocycles. The largest absolute Gasteiger partial charge is 0.464 e. The lowest BCUT2D eigenvalue weighted by molar-refractivity contribution is 0.0591. The van der Waals surface area contributed by atoms with Crippen LogP contribution in [0.4, 0.5) is 23.5 Å². The second-order valence-electron chi connectivity index (χ2n) is 5.45. The Bertz CT molecular complexity index is 987. The van der Waals surface area contributed by atoms with Crippen molar-refractivity contribution in [1.29, 1.82) is 0 Å².